The highest BCUT2D eigenvalue weighted by molar-refractivity contribution is 7.78. The molecular weight excluding hydrogens is 562 g/mol. The number of fused-ring (bicyclic) bond motifs is 1. The third-order valence-electron chi connectivity index (χ3n) is 6.22. The van der Waals surface area contributed by atoms with Crippen molar-refractivity contribution in [3.63, 3.8) is 0 Å². The lowest BCUT2D eigenvalue weighted by atomic mass is 10.0. The molecule has 0 saturated heterocycles. The number of ketones is 1. The number of aliphatic imine (C=N–C) groups is 1. The summed E-state index contributed by atoms with van der Waals surface area (Å²) in [5.74, 6) is -2.66. The molecule has 0 saturated carbocycles. The number of allylic oxidation sites excluding steroid dienone is 1. The zero-order chi connectivity index (χ0) is 29.3. The second-order valence-electron chi connectivity index (χ2n) is 8.92. The quantitative estimate of drug-likeness (QED) is 0.105. The lowest BCUT2D eigenvalue weighted by Gasteiger charge is -2.11. The number of isothiocyanates is 1. The summed E-state index contributed by atoms with van der Waals surface area (Å²) in [6.45, 7) is 0.861. The van der Waals surface area contributed by atoms with Crippen LogP contribution >= 0.6 is 12.2 Å². The van der Waals surface area contributed by atoms with Crippen LogP contribution in [0.3, 0.4) is 0 Å². The van der Waals surface area contributed by atoms with Crippen molar-refractivity contribution >= 4 is 40.7 Å². The first-order valence-corrected chi connectivity index (χ1v) is 12.4. The van der Waals surface area contributed by atoms with E-state index in [4.69, 9.17) is 15.2 Å². The van der Waals surface area contributed by atoms with Crippen molar-refractivity contribution in [3.8, 4) is 23.1 Å². The predicted octanol–water partition coefficient (Wildman–Crippen LogP) is 6.43. The minimum absolute atomic E-state index is 0.0394. The molecule has 0 atom stereocenters. The van der Waals surface area contributed by atoms with Crippen LogP contribution in [0.25, 0.3) is 11.8 Å². The van der Waals surface area contributed by atoms with Crippen LogP contribution in [0.2, 0.25) is 0 Å². The number of nitrogen functional groups attached to an aromatic ring is 1. The van der Waals surface area contributed by atoms with E-state index in [0.29, 0.717) is 22.4 Å². The van der Waals surface area contributed by atoms with Crippen LogP contribution < -0.4 is 15.2 Å². The minimum Gasteiger partial charge on any atom is -0.485 e. The van der Waals surface area contributed by atoms with Gasteiger partial charge in [0.2, 0.25) is 11.6 Å². The van der Waals surface area contributed by atoms with Gasteiger partial charge < -0.3 is 15.2 Å². The van der Waals surface area contributed by atoms with Crippen LogP contribution in [0, 0.1) is 18.6 Å². The lowest BCUT2D eigenvalue weighted by Crippen LogP contribution is -2.09. The van der Waals surface area contributed by atoms with Gasteiger partial charge in [-0.05, 0) is 66.2 Å². The number of rotatable bonds is 9. The third-order valence-corrected chi connectivity index (χ3v) is 6.31. The maximum atomic E-state index is 14.0. The van der Waals surface area contributed by atoms with Gasteiger partial charge in [0.15, 0.2) is 17.4 Å². The van der Waals surface area contributed by atoms with E-state index in [0.717, 1.165) is 17.7 Å². The van der Waals surface area contributed by atoms with Crippen molar-refractivity contribution in [2.45, 2.75) is 19.8 Å². The zero-order valence-electron chi connectivity index (χ0n) is 21.2. The van der Waals surface area contributed by atoms with Crippen molar-refractivity contribution in [1.29, 1.82) is 0 Å². The fourth-order valence-electron chi connectivity index (χ4n) is 4.29. The number of nitrogens with zero attached hydrogens (tertiary/aromatic N) is 4. The molecule has 2 aromatic heterocycles. The maximum Gasteiger partial charge on any atom is 0.272 e. The predicted molar refractivity (Wildman–Crippen MR) is 146 cm³/mol. The second-order valence-corrected chi connectivity index (χ2v) is 9.10. The number of halogens is 4. The molecule has 13 heteroatoms. The maximum absolute atomic E-state index is 14.0. The number of aromatic nitrogens is 3. The molecule has 8 nitrogen and oxygen atoms in total. The topological polar surface area (TPSA) is 105 Å². The number of nitrogens with two attached hydrogens (primary N) is 1. The van der Waals surface area contributed by atoms with Crippen molar-refractivity contribution in [2.24, 2.45) is 4.99 Å². The first-order chi connectivity index (χ1) is 19.7. The number of thiocarbonyl (C=S) groups is 1. The van der Waals surface area contributed by atoms with Gasteiger partial charge in [-0.2, -0.15) is 10.1 Å². The number of alkyl halides is 2. The third kappa shape index (κ3) is 5.58. The lowest BCUT2D eigenvalue weighted by molar-refractivity contribution is 0.0822. The van der Waals surface area contributed by atoms with E-state index in [2.05, 4.69) is 32.5 Å². The summed E-state index contributed by atoms with van der Waals surface area (Å²) in [5, 5.41) is 6.44. The van der Waals surface area contributed by atoms with E-state index in [9.17, 15) is 22.4 Å². The molecule has 0 fully saturated rings. The Labute approximate surface area is 235 Å². The average Bonchev–Trinajstić information content (AvgIpc) is 3.52. The smallest absolute Gasteiger partial charge is 0.272 e. The van der Waals surface area contributed by atoms with Gasteiger partial charge in [-0.25, -0.2) is 27.2 Å². The van der Waals surface area contributed by atoms with Crippen molar-refractivity contribution in [2.75, 3.05) is 12.3 Å². The molecule has 0 aliphatic heterocycles. The number of carbonyl (C=O) groups excluding carboxylic acids is 1. The Bertz CT molecular complexity index is 1750. The number of aryl methyl sites for hydroxylation is 1. The van der Waals surface area contributed by atoms with Crippen molar-refractivity contribution in [1.82, 2.24) is 14.8 Å². The van der Waals surface area contributed by atoms with Crippen LogP contribution in [0.15, 0.2) is 59.4 Å². The van der Waals surface area contributed by atoms with Gasteiger partial charge in [0.05, 0.1) is 28.8 Å². The van der Waals surface area contributed by atoms with E-state index < -0.39 is 30.4 Å². The first-order valence-electron chi connectivity index (χ1n) is 12.0. The molecule has 2 N–H and O–H groups in total. The molecule has 2 heterocycles. The number of hydrogen-bond donors (Lipinski definition) is 1. The molecule has 1 aliphatic rings. The Morgan fingerprint density at radius 1 is 1.22 bits per heavy atom. The second kappa shape index (κ2) is 11.3. The fraction of sp³-hybridized carbons (Fsp3) is 0.143. The molecule has 0 amide bonds. The summed E-state index contributed by atoms with van der Waals surface area (Å²) in [6.07, 6.45) is 1.84. The van der Waals surface area contributed by atoms with Crippen molar-refractivity contribution in [3.05, 3.63) is 88.3 Å². The Morgan fingerprint density at radius 2 is 1.98 bits per heavy atom. The Hall–Kier alpha value is -4.87. The van der Waals surface area contributed by atoms with Gasteiger partial charge in [0.1, 0.15) is 23.9 Å². The summed E-state index contributed by atoms with van der Waals surface area (Å²) in [6, 6.07) is 7.91. The summed E-state index contributed by atoms with van der Waals surface area (Å²) < 4.78 is 65.1. The van der Waals surface area contributed by atoms with E-state index in [-0.39, 0.29) is 40.9 Å². The van der Waals surface area contributed by atoms with Gasteiger partial charge in [0.25, 0.3) is 6.43 Å². The van der Waals surface area contributed by atoms with E-state index in [1.165, 1.54) is 35.3 Å². The Morgan fingerprint density at radius 3 is 2.66 bits per heavy atom. The average molecular weight is 582 g/mol. The molecule has 0 bridgehead atoms. The number of ether oxygens (including phenoxy) is 2. The fourth-order valence-corrected chi connectivity index (χ4v) is 4.39. The summed E-state index contributed by atoms with van der Waals surface area (Å²) in [5.41, 5.74) is 9.33. The van der Waals surface area contributed by atoms with Crippen LogP contribution in [-0.4, -0.2) is 38.7 Å². The zero-order valence-corrected chi connectivity index (χ0v) is 22.0. The molecule has 1 aliphatic carbocycles. The number of pyridine rings is 1. The van der Waals surface area contributed by atoms with E-state index in [1.54, 1.807) is 19.1 Å². The number of para-hydroxylation sites is 1. The molecule has 2 aromatic carbocycles. The van der Waals surface area contributed by atoms with Gasteiger partial charge >= 0.3 is 0 Å². The number of carbonyl (C=O) groups is 1. The molecule has 0 spiro atoms. The monoisotopic (exact) mass is 581 g/mol. The normalized spacial score (nSPS) is 12.1. The van der Waals surface area contributed by atoms with E-state index >= 15 is 0 Å². The van der Waals surface area contributed by atoms with E-state index in [1.807, 2.05) is 0 Å². The molecule has 41 heavy (non-hydrogen) atoms. The van der Waals surface area contributed by atoms with Crippen LogP contribution in [-0.2, 0) is 6.42 Å². The van der Waals surface area contributed by atoms with Gasteiger partial charge in [-0.1, -0.05) is 6.07 Å². The first kappa shape index (κ1) is 27.7. The standard InChI is InChI=1S/C28H19F4N5O3S/c1-14-5-25(40-27-19(29)3-2-4-20(27)30)34-11-22(14)37-28(33)18(10-36-37)26(38)17-6-15-8-21(35-13-41)23(9-16(15)7-17)39-12-24(31)32/h2-5,7-11,24H,6,12,33H2,1H3. The molecule has 0 radical (unpaired) electrons. The molecular formula is C28H19F4N5O3S. The Balaban J connectivity index is 1.39. The molecule has 4 aromatic rings. The number of anilines is 1. The minimum atomic E-state index is -2.68. The van der Waals surface area contributed by atoms with Crippen molar-refractivity contribution < 1.29 is 31.8 Å². The molecule has 5 rings (SSSR count). The number of hydrogen-bond acceptors (Lipinski definition) is 8. The highest BCUT2D eigenvalue weighted by atomic mass is 32.1. The van der Waals surface area contributed by atoms with Gasteiger partial charge in [-0.3, -0.25) is 4.79 Å². The largest absolute Gasteiger partial charge is 0.485 e. The molecule has 0 unspecified atom stereocenters. The molecule has 208 valence electrons. The van der Waals surface area contributed by atoms with Gasteiger partial charge in [0, 0.05) is 18.1 Å². The van der Waals surface area contributed by atoms with Crippen LogP contribution in [0.5, 0.6) is 17.4 Å². The SMILES string of the molecule is Cc1cc(Oc2c(F)cccc2F)ncc1-n1ncc(C(=O)C2=Cc3cc(OCC(F)F)c(N=C=S)cc3C2)c1N. The van der Waals surface area contributed by atoms with Gasteiger partial charge in [-0.15, -0.1) is 0 Å². The number of Topliss-reactive ketones (excluding diaryl/α,β-unsaturated/α-hetero) is 1. The highest BCUT2D eigenvalue weighted by Gasteiger charge is 2.26. The van der Waals surface area contributed by atoms with Crippen LogP contribution in [0.1, 0.15) is 27.0 Å². The number of benzene rings is 2. The highest BCUT2D eigenvalue weighted by Crippen LogP contribution is 2.38. The summed E-state index contributed by atoms with van der Waals surface area (Å²) in [7, 11) is 0. The summed E-state index contributed by atoms with van der Waals surface area (Å²) in [4.78, 5) is 21.4. The van der Waals surface area contributed by atoms with Crippen LogP contribution in [0.4, 0.5) is 29.1 Å². The summed E-state index contributed by atoms with van der Waals surface area (Å²) >= 11 is 4.65. The Kier molecular flexibility index (Phi) is 7.64.